The molecule has 0 unspecified atom stereocenters. The molecule has 7 N–H and O–H groups in total. The fourth-order valence-corrected chi connectivity index (χ4v) is 0.655. The smallest absolute Gasteiger partial charge is 0.427 e. The Hall–Kier alpha value is -0.535. The third-order valence-corrected chi connectivity index (χ3v) is 1.00. The van der Waals surface area contributed by atoms with Gasteiger partial charge in [0, 0.05) is 26.7 Å². The van der Waals surface area contributed by atoms with Gasteiger partial charge in [-0.25, -0.2) is 0 Å². The number of hydrogen-bond donors (Lipinski definition) is 4. The normalized spacial score (nSPS) is 6.81. The van der Waals surface area contributed by atoms with E-state index in [1.165, 1.54) is 6.92 Å². The number of hydrogen-bond acceptors (Lipinski definition) is 5. The third-order valence-electron chi connectivity index (χ3n) is 1.00. The molecule has 0 atom stereocenters. The summed E-state index contributed by atoms with van der Waals surface area (Å²) in [5, 5.41) is 22.7. The van der Waals surface area contributed by atoms with Crippen LogP contribution in [0.2, 0.25) is 0 Å². The summed E-state index contributed by atoms with van der Waals surface area (Å²) in [5.74, 6) is 0.307. The summed E-state index contributed by atoms with van der Waals surface area (Å²) in [4.78, 5) is 10.4. The molecule has 0 aliphatic heterocycles. The second-order valence-electron chi connectivity index (χ2n) is 2.86. The van der Waals surface area contributed by atoms with E-state index < -0.39 is 0 Å². The van der Waals surface area contributed by atoms with Crippen LogP contribution in [0.1, 0.15) is 27.7 Å². The number of carbonyl (C=O) groups is 1. The van der Waals surface area contributed by atoms with Gasteiger partial charge < -0.3 is 26.2 Å². The molecule has 0 spiro atoms. The molecule has 0 heterocycles. The Morgan fingerprint density at radius 3 is 1.48 bits per heavy atom. The molecule has 0 fully saturated rings. The second-order valence-corrected chi connectivity index (χ2v) is 2.86. The van der Waals surface area contributed by atoms with E-state index in [0.29, 0.717) is 5.75 Å². The van der Waals surface area contributed by atoms with Crippen molar-refractivity contribution < 1.29 is 52.5 Å². The van der Waals surface area contributed by atoms with Crippen LogP contribution in [0.25, 0.3) is 0 Å². The van der Waals surface area contributed by atoms with Gasteiger partial charge in [0.25, 0.3) is 0 Å². The zero-order valence-corrected chi connectivity index (χ0v) is 19.4. The first-order chi connectivity index (χ1) is 9.03. The minimum atomic E-state index is -0.286. The van der Waals surface area contributed by atoms with Gasteiger partial charge in [-0.1, -0.05) is 18.2 Å². The van der Waals surface area contributed by atoms with Gasteiger partial charge in [0.2, 0.25) is 0 Å². The Balaban J connectivity index is -0.0000000663. The largest absolute Gasteiger partial charge is 2.00 e. The van der Waals surface area contributed by atoms with Crippen LogP contribution >= 0.6 is 0 Å². The van der Waals surface area contributed by atoms with Gasteiger partial charge in [-0.3, -0.25) is 4.79 Å². The Kier molecular flexibility index (Phi) is 49.0. The van der Waals surface area contributed by atoms with Gasteiger partial charge in [0.1, 0.15) is 5.75 Å². The molecule has 0 amide bonds. The molecule has 0 aliphatic rings. The predicted molar refractivity (Wildman–Crippen MR) is 82.0 cm³/mol. The molecule has 0 saturated carbocycles. The van der Waals surface area contributed by atoms with Crippen LogP contribution in [-0.2, 0) is 32.5 Å². The number of carbonyl (C=O) groups excluding carboxylic acids is 1. The fraction of sp³-hybridized carbons (Fsp3) is 0.500. The zero-order chi connectivity index (χ0) is 15.5. The SMILES string of the molecule is CC(=O)Oc1ccccc1.CCO.CCO.CCO.[Hg+2].[NH4+]. The maximum atomic E-state index is 10.4. The molecule has 0 aromatic heterocycles. The van der Waals surface area contributed by atoms with Crippen LogP contribution in [-0.4, -0.2) is 41.1 Å². The number of ether oxygens (including phenoxy) is 1. The van der Waals surface area contributed by atoms with Crippen molar-refractivity contribution in [2.75, 3.05) is 19.8 Å². The Bertz CT molecular complexity index is 269. The first kappa shape index (κ1) is 32.4. The maximum absolute atomic E-state index is 10.4. The van der Waals surface area contributed by atoms with Gasteiger partial charge in [-0.2, -0.15) is 0 Å². The molecular formula is C14H30HgNO5+3. The van der Waals surface area contributed by atoms with Crippen LogP contribution in [0.5, 0.6) is 5.75 Å². The van der Waals surface area contributed by atoms with Crippen molar-refractivity contribution >= 4 is 5.97 Å². The number of para-hydroxylation sites is 1. The van der Waals surface area contributed by atoms with E-state index >= 15 is 0 Å². The number of quaternary nitrogens is 1. The minimum Gasteiger partial charge on any atom is -0.427 e. The van der Waals surface area contributed by atoms with Gasteiger partial charge in [0.15, 0.2) is 0 Å². The van der Waals surface area contributed by atoms with Crippen LogP contribution in [0.3, 0.4) is 0 Å². The summed E-state index contributed by atoms with van der Waals surface area (Å²) < 4.78 is 4.78. The number of benzene rings is 1. The van der Waals surface area contributed by atoms with Crippen molar-refractivity contribution in [1.82, 2.24) is 6.15 Å². The molecule has 1 rings (SSSR count). The molecule has 0 radical (unpaired) electrons. The molecule has 21 heavy (non-hydrogen) atoms. The van der Waals surface area contributed by atoms with Crippen molar-refractivity contribution in [1.29, 1.82) is 0 Å². The van der Waals surface area contributed by atoms with E-state index in [1.54, 1.807) is 32.9 Å². The first-order valence-corrected chi connectivity index (χ1v) is 6.09. The van der Waals surface area contributed by atoms with Gasteiger partial charge in [0.05, 0.1) is 0 Å². The molecule has 0 saturated heterocycles. The first-order valence-electron chi connectivity index (χ1n) is 6.09. The summed E-state index contributed by atoms with van der Waals surface area (Å²) in [6.45, 7) is 7.17. The summed E-state index contributed by atoms with van der Waals surface area (Å²) in [6, 6.07) is 8.98. The Morgan fingerprint density at radius 1 is 0.952 bits per heavy atom. The minimum absolute atomic E-state index is 0. The van der Waals surface area contributed by atoms with Crippen molar-refractivity contribution in [3.8, 4) is 5.75 Å². The molecule has 1 aromatic carbocycles. The van der Waals surface area contributed by atoms with Crippen LogP contribution < -0.4 is 10.9 Å². The van der Waals surface area contributed by atoms with E-state index in [-0.39, 0.29) is 59.6 Å². The molecule has 6 nitrogen and oxygen atoms in total. The standard InChI is InChI=1S/C8H8O2.3C2H6O.Hg.H3N/c1-7(9)10-8-5-3-2-4-6-8;3*1-2-3;;/h2-6H,1H3;3*3H,2H2,1H3;;1H3/q;;;;+2;/p+1. The van der Waals surface area contributed by atoms with E-state index in [9.17, 15) is 4.79 Å². The Labute approximate surface area is 148 Å². The number of aliphatic hydroxyl groups is 3. The van der Waals surface area contributed by atoms with Crippen molar-refractivity contribution in [3.05, 3.63) is 30.3 Å². The summed E-state index contributed by atoms with van der Waals surface area (Å²) in [6.07, 6.45) is 0. The number of rotatable bonds is 1. The van der Waals surface area contributed by atoms with Crippen molar-refractivity contribution in [2.45, 2.75) is 27.7 Å². The average Bonchev–Trinajstić information content (AvgIpc) is 2.32. The molecular weight excluding hydrogens is 463 g/mol. The van der Waals surface area contributed by atoms with Crippen LogP contribution in [0.4, 0.5) is 0 Å². The molecule has 1 aromatic rings. The maximum Gasteiger partial charge on any atom is 2.00 e. The second kappa shape index (κ2) is 31.7. The number of esters is 1. The van der Waals surface area contributed by atoms with E-state index in [2.05, 4.69) is 0 Å². The van der Waals surface area contributed by atoms with Gasteiger partial charge in [-0.05, 0) is 32.9 Å². The summed E-state index contributed by atoms with van der Waals surface area (Å²) in [7, 11) is 0. The third kappa shape index (κ3) is 45.2. The monoisotopic (exact) mass is 494 g/mol. The molecule has 0 aliphatic carbocycles. The fourth-order valence-electron chi connectivity index (χ4n) is 0.655. The van der Waals surface area contributed by atoms with E-state index in [0.717, 1.165) is 0 Å². The van der Waals surface area contributed by atoms with Gasteiger partial charge in [-0.15, -0.1) is 0 Å². The van der Waals surface area contributed by atoms with Crippen LogP contribution in [0.15, 0.2) is 30.3 Å². The molecule has 0 bridgehead atoms. The van der Waals surface area contributed by atoms with Crippen LogP contribution in [0, 0.1) is 0 Å². The average molecular weight is 493 g/mol. The molecule has 120 valence electrons. The zero-order valence-electron chi connectivity index (χ0n) is 13.9. The van der Waals surface area contributed by atoms with E-state index in [1.807, 2.05) is 18.2 Å². The predicted octanol–water partition coefficient (Wildman–Crippen LogP) is 1.98. The summed E-state index contributed by atoms with van der Waals surface area (Å²) in [5.41, 5.74) is 0. The topological polar surface area (TPSA) is 123 Å². The van der Waals surface area contributed by atoms with Crippen molar-refractivity contribution in [2.24, 2.45) is 0 Å². The van der Waals surface area contributed by atoms with Crippen molar-refractivity contribution in [3.63, 3.8) is 0 Å². The van der Waals surface area contributed by atoms with Gasteiger partial charge >= 0.3 is 33.6 Å². The molecule has 7 heteroatoms. The number of aliphatic hydroxyl groups excluding tert-OH is 3. The quantitative estimate of drug-likeness (QED) is 0.271. The Morgan fingerprint density at radius 2 is 1.24 bits per heavy atom. The van der Waals surface area contributed by atoms with E-state index in [4.69, 9.17) is 20.1 Å². The summed E-state index contributed by atoms with van der Waals surface area (Å²) >= 11 is 0.